The van der Waals surface area contributed by atoms with Crippen LogP contribution in [-0.2, 0) is 0 Å². The largest absolute Gasteiger partial charge is 0.357 e. The highest BCUT2D eigenvalue weighted by atomic mass is 15.2. The van der Waals surface area contributed by atoms with Gasteiger partial charge in [0.25, 0.3) is 0 Å². The van der Waals surface area contributed by atoms with Crippen molar-refractivity contribution in [1.29, 1.82) is 0 Å². The van der Waals surface area contributed by atoms with Crippen molar-refractivity contribution in [2.45, 2.75) is 58.9 Å². The van der Waals surface area contributed by atoms with E-state index in [4.69, 9.17) is 0 Å². The molecule has 1 rings (SSSR count). The molecule has 0 aromatic carbocycles. The normalized spacial score (nSPS) is 17.2. The minimum absolute atomic E-state index is 0.718. The second kappa shape index (κ2) is 10.0. The monoisotopic (exact) mass is 282 g/mol. The zero-order valence-electron chi connectivity index (χ0n) is 13.9. The first-order valence-electron chi connectivity index (χ1n) is 8.36. The average Bonchev–Trinajstić information content (AvgIpc) is 2.92. The predicted octanol–water partition coefficient (Wildman–Crippen LogP) is 2.46. The number of nitrogens with one attached hydrogen (secondary N) is 2. The van der Waals surface area contributed by atoms with Crippen molar-refractivity contribution in [2.75, 3.05) is 33.2 Å². The molecule has 4 nitrogen and oxygen atoms in total. The van der Waals surface area contributed by atoms with Crippen LogP contribution in [0.4, 0.5) is 0 Å². The Bertz CT molecular complexity index is 270. The first kappa shape index (κ1) is 17.3. The number of hydrogen-bond acceptors (Lipinski definition) is 2. The Morgan fingerprint density at radius 3 is 2.55 bits per heavy atom. The van der Waals surface area contributed by atoms with Crippen LogP contribution < -0.4 is 10.6 Å². The molecule has 0 aromatic heterocycles. The van der Waals surface area contributed by atoms with Crippen LogP contribution in [0.15, 0.2) is 4.99 Å². The number of rotatable bonds is 8. The van der Waals surface area contributed by atoms with Crippen molar-refractivity contribution in [2.24, 2.45) is 10.9 Å². The summed E-state index contributed by atoms with van der Waals surface area (Å²) in [4.78, 5) is 7.12. The van der Waals surface area contributed by atoms with Crippen LogP contribution >= 0.6 is 0 Å². The molecule has 1 fully saturated rings. The zero-order valence-corrected chi connectivity index (χ0v) is 13.9. The highest BCUT2D eigenvalue weighted by Crippen LogP contribution is 2.21. The number of guanidine groups is 1. The van der Waals surface area contributed by atoms with Crippen LogP contribution in [0.1, 0.15) is 52.9 Å². The Kier molecular flexibility index (Phi) is 8.67. The van der Waals surface area contributed by atoms with Crippen LogP contribution in [0.5, 0.6) is 0 Å². The zero-order chi connectivity index (χ0) is 14.8. The molecule has 0 atom stereocenters. The fraction of sp³-hybridized carbons (Fsp3) is 0.938. The molecule has 0 heterocycles. The molecule has 0 aromatic rings. The third-order valence-corrected chi connectivity index (χ3v) is 4.03. The minimum Gasteiger partial charge on any atom is -0.357 e. The lowest BCUT2D eigenvalue weighted by atomic mass is 10.1. The van der Waals surface area contributed by atoms with Crippen LogP contribution in [0, 0.1) is 5.92 Å². The number of hydrogen-bond donors (Lipinski definition) is 2. The Hall–Kier alpha value is -0.770. The van der Waals surface area contributed by atoms with Gasteiger partial charge in [0.1, 0.15) is 0 Å². The van der Waals surface area contributed by atoms with Gasteiger partial charge in [0.05, 0.1) is 0 Å². The van der Waals surface area contributed by atoms with E-state index in [1.54, 1.807) is 0 Å². The van der Waals surface area contributed by atoms with E-state index in [2.05, 4.69) is 48.3 Å². The lowest BCUT2D eigenvalue weighted by Gasteiger charge is -2.24. The van der Waals surface area contributed by atoms with Gasteiger partial charge >= 0.3 is 0 Å². The molecular weight excluding hydrogens is 248 g/mol. The van der Waals surface area contributed by atoms with Gasteiger partial charge in [-0.2, -0.15) is 0 Å². The molecule has 0 unspecified atom stereocenters. The fourth-order valence-corrected chi connectivity index (χ4v) is 2.65. The van der Waals surface area contributed by atoms with Gasteiger partial charge in [-0.25, -0.2) is 0 Å². The maximum atomic E-state index is 4.62. The molecule has 2 N–H and O–H groups in total. The molecule has 1 aliphatic carbocycles. The topological polar surface area (TPSA) is 39.7 Å². The van der Waals surface area contributed by atoms with Crippen molar-refractivity contribution >= 4 is 5.96 Å². The molecule has 0 saturated heterocycles. The number of nitrogens with zero attached hydrogens (tertiary/aromatic N) is 2. The highest BCUT2D eigenvalue weighted by Gasteiger charge is 2.18. The Balaban J connectivity index is 2.23. The summed E-state index contributed by atoms with van der Waals surface area (Å²) in [5.41, 5.74) is 0. The third kappa shape index (κ3) is 7.13. The van der Waals surface area contributed by atoms with Crippen molar-refractivity contribution < 1.29 is 0 Å². The van der Waals surface area contributed by atoms with Gasteiger partial charge in [-0.05, 0) is 39.2 Å². The van der Waals surface area contributed by atoms with Crippen molar-refractivity contribution in [3.05, 3.63) is 0 Å². The van der Waals surface area contributed by atoms with E-state index in [1.165, 1.54) is 25.7 Å². The molecule has 1 aliphatic rings. The molecule has 0 amide bonds. The second-order valence-electron chi connectivity index (χ2n) is 6.29. The molecule has 0 radical (unpaired) electrons. The van der Waals surface area contributed by atoms with Gasteiger partial charge in [0.2, 0.25) is 0 Å². The predicted molar refractivity (Wildman–Crippen MR) is 88.3 cm³/mol. The SMILES string of the molecule is CCNC(=NCCC(C)C)NCCN(C)C1CCCC1. The van der Waals surface area contributed by atoms with E-state index >= 15 is 0 Å². The molecule has 0 spiro atoms. The fourth-order valence-electron chi connectivity index (χ4n) is 2.65. The number of likely N-dealkylation sites (N-methyl/N-ethyl adjacent to an activating group) is 1. The van der Waals surface area contributed by atoms with E-state index in [0.717, 1.165) is 50.5 Å². The van der Waals surface area contributed by atoms with Crippen molar-refractivity contribution in [3.8, 4) is 0 Å². The van der Waals surface area contributed by atoms with Gasteiger partial charge in [-0.3, -0.25) is 4.99 Å². The summed E-state index contributed by atoms with van der Waals surface area (Å²) < 4.78 is 0. The Labute approximate surface area is 125 Å². The van der Waals surface area contributed by atoms with Crippen molar-refractivity contribution in [3.63, 3.8) is 0 Å². The van der Waals surface area contributed by atoms with Gasteiger partial charge in [0.15, 0.2) is 5.96 Å². The van der Waals surface area contributed by atoms with E-state index in [1.807, 2.05) is 0 Å². The van der Waals surface area contributed by atoms with Crippen LogP contribution in [0.25, 0.3) is 0 Å². The van der Waals surface area contributed by atoms with E-state index in [-0.39, 0.29) is 0 Å². The van der Waals surface area contributed by atoms with Gasteiger partial charge in [-0.1, -0.05) is 26.7 Å². The lowest BCUT2D eigenvalue weighted by Crippen LogP contribution is -2.42. The van der Waals surface area contributed by atoms with Gasteiger partial charge in [-0.15, -0.1) is 0 Å². The number of aliphatic imine (C=N–C) groups is 1. The highest BCUT2D eigenvalue weighted by molar-refractivity contribution is 5.79. The Morgan fingerprint density at radius 1 is 1.25 bits per heavy atom. The van der Waals surface area contributed by atoms with Gasteiger partial charge < -0.3 is 15.5 Å². The molecule has 1 saturated carbocycles. The van der Waals surface area contributed by atoms with E-state index < -0.39 is 0 Å². The molecule has 118 valence electrons. The van der Waals surface area contributed by atoms with Gasteiger partial charge in [0, 0.05) is 32.2 Å². The summed E-state index contributed by atoms with van der Waals surface area (Å²) in [6.45, 7) is 10.5. The molecule has 4 heteroatoms. The van der Waals surface area contributed by atoms with Crippen LogP contribution in [0.3, 0.4) is 0 Å². The lowest BCUT2D eigenvalue weighted by molar-refractivity contribution is 0.249. The summed E-state index contributed by atoms with van der Waals surface area (Å²) in [5.74, 6) is 1.68. The summed E-state index contributed by atoms with van der Waals surface area (Å²) in [6.07, 6.45) is 6.71. The third-order valence-electron chi connectivity index (χ3n) is 4.03. The first-order chi connectivity index (χ1) is 9.63. The molecule has 20 heavy (non-hydrogen) atoms. The summed E-state index contributed by atoms with van der Waals surface area (Å²) in [5, 5.41) is 6.77. The minimum atomic E-state index is 0.718. The van der Waals surface area contributed by atoms with E-state index in [0.29, 0.717) is 0 Å². The standard InChI is InChI=1S/C16H34N4/c1-5-17-16(18-11-10-14(2)3)19-12-13-20(4)15-8-6-7-9-15/h14-15H,5-13H2,1-4H3,(H2,17,18,19). The Morgan fingerprint density at radius 2 is 1.95 bits per heavy atom. The first-order valence-corrected chi connectivity index (χ1v) is 8.36. The summed E-state index contributed by atoms with van der Waals surface area (Å²) in [7, 11) is 2.25. The van der Waals surface area contributed by atoms with E-state index in [9.17, 15) is 0 Å². The molecule has 0 aliphatic heterocycles. The van der Waals surface area contributed by atoms with Crippen molar-refractivity contribution in [1.82, 2.24) is 15.5 Å². The van der Waals surface area contributed by atoms with Crippen LogP contribution in [-0.4, -0.2) is 50.1 Å². The molecule has 0 bridgehead atoms. The smallest absolute Gasteiger partial charge is 0.191 e. The second-order valence-corrected chi connectivity index (χ2v) is 6.29. The quantitative estimate of drug-likeness (QED) is 0.531. The maximum Gasteiger partial charge on any atom is 0.191 e. The van der Waals surface area contributed by atoms with Crippen LogP contribution in [0.2, 0.25) is 0 Å². The summed E-state index contributed by atoms with van der Waals surface area (Å²) >= 11 is 0. The average molecular weight is 282 g/mol. The molecular formula is C16H34N4. The summed E-state index contributed by atoms with van der Waals surface area (Å²) in [6, 6.07) is 0.803. The maximum absolute atomic E-state index is 4.62.